The lowest BCUT2D eigenvalue weighted by Gasteiger charge is -2.31. The first-order chi connectivity index (χ1) is 13.1. The molecule has 2 heterocycles. The Bertz CT molecular complexity index is 948. The lowest BCUT2D eigenvalue weighted by molar-refractivity contribution is -0.134. The van der Waals surface area contributed by atoms with Crippen LogP contribution in [0, 0.1) is 0 Å². The van der Waals surface area contributed by atoms with Crippen LogP contribution in [0.15, 0.2) is 23.3 Å². The number of sulfone groups is 1. The summed E-state index contributed by atoms with van der Waals surface area (Å²) in [6.45, 7) is 1.84. The van der Waals surface area contributed by atoms with Crippen molar-refractivity contribution >= 4 is 50.6 Å². The maximum absolute atomic E-state index is 13.0. The van der Waals surface area contributed by atoms with Gasteiger partial charge in [0.1, 0.15) is 5.71 Å². The van der Waals surface area contributed by atoms with Gasteiger partial charge in [-0.15, -0.1) is 0 Å². The zero-order chi connectivity index (χ0) is 20.6. The van der Waals surface area contributed by atoms with Crippen LogP contribution in [0.2, 0.25) is 10.0 Å². The van der Waals surface area contributed by atoms with Gasteiger partial charge >= 0.3 is 0 Å². The van der Waals surface area contributed by atoms with Gasteiger partial charge in [0.25, 0.3) is 5.91 Å². The molecule has 10 heteroatoms. The van der Waals surface area contributed by atoms with Crippen LogP contribution in [0.3, 0.4) is 0 Å². The Morgan fingerprint density at radius 2 is 2.04 bits per heavy atom. The summed E-state index contributed by atoms with van der Waals surface area (Å²) < 4.78 is 23.5. The number of benzene rings is 1. The van der Waals surface area contributed by atoms with Gasteiger partial charge in [-0.2, -0.15) is 5.10 Å². The zero-order valence-corrected chi connectivity index (χ0v) is 17.9. The highest BCUT2D eigenvalue weighted by molar-refractivity contribution is 7.91. The second-order valence-electron chi connectivity index (χ2n) is 7.10. The fourth-order valence-electron chi connectivity index (χ4n) is 3.41. The van der Waals surface area contributed by atoms with E-state index in [-0.39, 0.29) is 47.9 Å². The number of nitrogens with zero attached hydrogens (tertiary/aromatic N) is 3. The highest BCUT2D eigenvalue weighted by atomic mass is 35.5. The van der Waals surface area contributed by atoms with Crippen molar-refractivity contribution in [2.24, 2.45) is 5.10 Å². The van der Waals surface area contributed by atoms with E-state index in [1.165, 1.54) is 9.91 Å². The smallest absolute Gasteiger partial charge is 0.270 e. The second kappa shape index (κ2) is 8.00. The third-order valence-corrected chi connectivity index (χ3v) is 7.49. The standard InChI is InChI=1S/C18H21Cl2N3O4S/c1-11(14-4-3-12(19)9-15(14)20)22(2)18(25)16-5-6-17(24)23(21-16)13-7-8-28(26,27)10-13/h3-4,9,11,13H,5-8,10H2,1-2H3. The molecule has 1 aromatic rings. The first-order valence-corrected chi connectivity index (χ1v) is 11.5. The second-order valence-corrected chi connectivity index (χ2v) is 10.2. The van der Waals surface area contributed by atoms with Crippen LogP contribution in [0.5, 0.6) is 0 Å². The van der Waals surface area contributed by atoms with Gasteiger partial charge in [0.05, 0.1) is 23.6 Å². The number of hydrogen-bond donors (Lipinski definition) is 0. The van der Waals surface area contributed by atoms with Gasteiger partial charge in [-0.05, 0) is 31.0 Å². The van der Waals surface area contributed by atoms with Gasteiger partial charge in [0.15, 0.2) is 9.84 Å². The van der Waals surface area contributed by atoms with Crippen molar-refractivity contribution in [3.63, 3.8) is 0 Å². The van der Waals surface area contributed by atoms with E-state index in [0.29, 0.717) is 16.5 Å². The lowest BCUT2D eigenvalue weighted by atomic mass is 10.1. The summed E-state index contributed by atoms with van der Waals surface area (Å²) in [6.07, 6.45) is 0.690. The Hall–Kier alpha value is -1.64. The summed E-state index contributed by atoms with van der Waals surface area (Å²) in [5.74, 6) is -0.658. The summed E-state index contributed by atoms with van der Waals surface area (Å²) in [6, 6.07) is 4.25. The van der Waals surface area contributed by atoms with Crippen LogP contribution < -0.4 is 0 Å². The van der Waals surface area contributed by atoms with Gasteiger partial charge in [0.2, 0.25) is 5.91 Å². The van der Waals surface area contributed by atoms with Crippen LogP contribution in [0.1, 0.15) is 37.8 Å². The molecule has 2 atom stereocenters. The van der Waals surface area contributed by atoms with Gasteiger partial charge in [-0.1, -0.05) is 29.3 Å². The Balaban J connectivity index is 1.80. The van der Waals surface area contributed by atoms with Crippen LogP contribution in [-0.2, 0) is 19.4 Å². The molecule has 2 unspecified atom stereocenters. The molecule has 0 saturated carbocycles. The summed E-state index contributed by atoms with van der Waals surface area (Å²) in [5.41, 5.74) is 0.983. The molecule has 0 spiro atoms. The van der Waals surface area contributed by atoms with Crippen LogP contribution in [0.4, 0.5) is 0 Å². The summed E-state index contributed by atoms with van der Waals surface area (Å²) in [7, 11) is -1.52. The highest BCUT2D eigenvalue weighted by Gasteiger charge is 2.38. The SMILES string of the molecule is CC(c1ccc(Cl)cc1Cl)N(C)C(=O)C1=NN(C2CCS(=O)(=O)C2)C(=O)CC1. The van der Waals surface area contributed by atoms with E-state index in [1.807, 2.05) is 6.92 Å². The fraction of sp³-hybridized carbons (Fsp3) is 0.500. The molecular weight excluding hydrogens is 425 g/mol. The number of hydrazone groups is 1. The van der Waals surface area contributed by atoms with Gasteiger partial charge in [-0.25, -0.2) is 13.4 Å². The third kappa shape index (κ3) is 4.34. The van der Waals surface area contributed by atoms with E-state index >= 15 is 0 Å². The van der Waals surface area contributed by atoms with Crippen molar-refractivity contribution in [1.29, 1.82) is 0 Å². The minimum absolute atomic E-state index is 0.0340. The largest absolute Gasteiger partial charge is 0.334 e. The molecule has 0 aromatic heterocycles. The molecule has 0 N–H and O–H groups in total. The lowest BCUT2D eigenvalue weighted by Crippen LogP contribution is -2.44. The number of halogens is 2. The predicted molar refractivity (Wildman–Crippen MR) is 108 cm³/mol. The molecule has 3 rings (SSSR count). The van der Waals surface area contributed by atoms with Crippen LogP contribution in [0.25, 0.3) is 0 Å². The van der Waals surface area contributed by atoms with E-state index in [9.17, 15) is 18.0 Å². The minimum atomic E-state index is -3.16. The average molecular weight is 446 g/mol. The number of carbonyl (C=O) groups excluding carboxylic acids is 2. The summed E-state index contributed by atoms with van der Waals surface area (Å²) in [4.78, 5) is 26.7. The Kier molecular flexibility index (Phi) is 6.03. The van der Waals surface area contributed by atoms with Gasteiger partial charge in [0, 0.05) is 29.9 Å². The van der Waals surface area contributed by atoms with Crippen molar-refractivity contribution in [1.82, 2.24) is 9.91 Å². The predicted octanol–water partition coefficient (Wildman–Crippen LogP) is 2.68. The molecule has 2 aliphatic heterocycles. The van der Waals surface area contributed by atoms with Crippen molar-refractivity contribution in [3.05, 3.63) is 33.8 Å². The molecule has 1 fully saturated rings. The molecule has 0 aliphatic carbocycles. The van der Waals surface area contributed by atoms with Crippen molar-refractivity contribution in [2.45, 2.75) is 38.3 Å². The first-order valence-electron chi connectivity index (χ1n) is 8.91. The van der Waals surface area contributed by atoms with Crippen molar-refractivity contribution < 1.29 is 18.0 Å². The van der Waals surface area contributed by atoms with Crippen molar-refractivity contribution in [3.8, 4) is 0 Å². The third-order valence-electron chi connectivity index (χ3n) is 5.17. The average Bonchev–Trinajstić information content (AvgIpc) is 3.00. The monoisotopic (exact) mass is 445 g/mol. The molecular formula is C18H21Cl2N3O4S. The van der Waals surface area contributed by atoms with Crippen LogP contribution >= 0.6 is 23.2 Å². The maximum atomic E-state index is 13.0. The fourth-order valence-corrected chi connectivity index (χ4v) is 5.67. The molecule has 28 heavy (non-hydrogen) atoms. The molecule has 2 aliphatic rings. The van der Waals surface area contributed by atoms with E-state index < -0.39 is 15.9 Å². The molecule has 7 nitrogen and oxygen atoms in total. The molecule has 0 bridgehead atoms. The van der Waals surface area contributed by atoms with E-state index in [2.05, 4.69) is 5.10 Å². The normalized spacial score (nSPS) is 22.7. The number of carbonyl (C=O) groups is 2. The highest BCUT2D eigenvalue weighted by Crippen LogP contribution is 2.30. The molecule has 0 radical (unpaired) electrons. The molecule has 152 valence electrons. The van der Waals surface area contributed by atoms with Crippen molar-refractivity contribution in [2.75, 3.05) is 18.6 Å². The topological polar surface area (TPSA) is 87.1 Å². The Morgan fingerprint density at radius 1 is 1.32 bits per heavy atom. The van der Waals surface area contributed by atoms with Gasteiger partial charge < -0.3 is 4.90 Å². The minimum Gasteiger partial charge on any atom is -0.334 e. The maximum Gasteiger partial charge on any atom is 0.270 e. The molecule has 1 saturated heterocycles. The number of hydrogen-bond acceptors (Lipinski definition) is 5. The zero-order valence-electron chi connectivity index (χ0n) is 15.6. The number of amides is 2. The van der Waals surface area contributed by atoms with Crippen LogP contribution in [-0.4, -0.2) is 60.4 Å². The quantitative estimate of drug-likeness (QED) is 0.712. The van der Waals surface area contributed by atoms with Gasteiger partial charge in [-0.3, -0.25) is 9.59 Å². The van der Waals surface area contributed by atoms with E-state index in [4.69, 9.17) is 23.2 Å². The summed E-state index contributed by atoms with van der Waals surface area (Å²) >= 11 is 12.2. The molecule has 2 amide bonds. The molecule has 1 aromatic carbocycles. The summed E-state index contributed by atoms with van der Waals surface area (Å²) in [5, 5.41) is 6.39. The van der Waals surface area contributed by atoms with E-state index in [0.717, 1.165) is 5.56 Å². The Morgan fingerprint density at radius 3 is 2.64 bits per heavy atom. The number of rotatable bonds is 4. The van der Waals surface area contributed by atoms with E-state index in [1.54, 1.807) is 25.2 Å². The Labute approximate surface area is 174 Å². The first kappa shape index (κ1) is 21.1.